The Labute approximate surface area is 117 Å². The molecule has 2 heteroatoms. The standard InChI is InChI=1S/C17H27NO/c1-12-5-6-18(15(4)8-12)11-17(19)16-9-13(2)7-14(3)10-16/h7,9-10,12,15,17,19H,5-6,8,11H2,1-4H3. The number of hydrogen-bond acceptors (Lipinski definition) is 2. The first-order chi connectivity index (χ1) is 8.95. The molecule has 1 heterocycles. The van der Waals surface area contributed by atoms with Gasteiger partial charge in [0.2, 0.25) is 0 Å². The van der Waals surface area contributed by atoms with Crippen molar-refractivity contribution < 1.29 is 5.11 Å². The Hall–Kier alpha value is -0.860. The first-order valence-corrected chi connectivity index (χ1v) is 7.46. The maximum Gasteiger partial charge on any atom is 0.0917 e. The number of hydrogen-bond donors (Lipinski definition) is 1. The summed E-state index contributed by atoms with van der Waals surface area (Å²) in [5.41, 5.74) is 3.52. The molecule has 3 unspecified atom stereocenters. The van der Waals surface area contributed by atoms with Crippen molar-refractivity contribution in [1.82, 2.24) is 4.90 Å². The number of rotatable bonds is 3. The molecule has 1 saturated heterocycles. The molecule has 0 amide bonds. The second kappa shape index (κ2) is 6.06. The van der Waals surface area contributed by atoms with E-state index in [1.165, 1.54) is 24.0 Å². The number of aliphatic hydroxyl groups excluding tert-OH is 1. The summed E-state index contributed by atoms with van der Waals surface area (Å²) in [6.07, 6.45) is 2.14. The van der Waals surface area contributed by atoms with E-state index >= 15 is 0 Å². The van der Waals surface area contributed by atoms with E-state index in [-0.39, 0.29) is 6.10 Å². The Balaban J connectivity index is 2.02. The van der Waals surface area contributed by atoms with E-state index in [9.17, 15) is 5.11 Å². The van der Waals surface area contributed by atoms with Crippen LogP contribution in [0.2, 0.25) is 0 Å². The Bertz CT molecular complexity index is 409. The molecule has 1 fully saturated rings. The fraction of sp³-hybridized carbons (Fsp3) is 0.647. The zero-order valence-electron chi connectivity index (χ0n) is 12.7. The van der Waals surface area contributed by atoms with Crippen LogP contribution in [0.5, 0.6) is 0 Å². The molecular formula is C17H27NO. The molecular weight excluding hydrogens is 234 g/mol. The van der Waals surface area contributed by atoms with Crippen LogP contribution < -0.4 is 0 Å². The number of aryl methyl sites for hydroxylation is 2. The van der Waals surface area contributed by atoms with Gasteiger partial charge in [-0.2, -0.15) is 0 Å². The number of nitrogens with zero attached hydrogens (tertiary/aromatic N) is 1. The second-order valence-corrected chi connectivity index (χ2v) is 6.41. The third kappa shape index (κ3) is 3.80. The quantitative estimate of drug-likeness (QED) is 0.900. The van der Waals surface area contributed by atoms with Crippen LogP contribution in [0.4, 0.5) is 0 Å². The van der Waals surface area contributed by atoms with Gasteiger partial charge in [-0.05, 0) is 51.6 Å². The predicted octanol–water partition coefficient (Wildman–Crippen LogP) is 3.46. The van der Waals surface area contributed by atoms with Crippen LogP contribution in [-0.2, 0) is 0 Å². The van der Waals surface area contributed by atoms with Gasteiger partial charge in [-0.3, -0.25) is 4.90 Å². The molecule has 1 aliphatic rings. The Morgan fingerprint density at radius 2 is 1.84 bits per heavy atom. The van der Waals surface area contributed by atoms with Gasteiger partial charge in [0.25, 0.3) is 0 Å². The maximum absolute atomic E-state index is 10.5. The van der Waals surface area contributed by atoms with Crippen molar-refractivity contribution in [1.29, 1.82) is 0 Å². The highest BCUT2D eigenvalue weighted by atomic mass is 16.3. The smallest absolute Gasteiger partial charge is 0.0917 e. The average Bonchev–Trinajstić information content (AvgIpc) is 2.31. The molecule has 0 radical (unpaired) electrons. The molecule has 1 aromatic carbocycles. The van der Waals surface area contributed by atoms with Gasteiger partial charge in [-0.25, -0.2) is 0 Å². The third-order valence-corrected chi connectivity index (χ3v) is 4.31. The second-order valence-electron chi connectivity index (χ2n) is 6.41. The van der Waals surface area contributed by atoms with Crippen LogP contribution in [0.3, 0.4) is 0 Å². The number of benzene rings is 1. The molecule has 1 aromatic rings. The normalized spacial score (nSPS) is 26.4. The fourth-order valence-electron chi connectivity index (χ4n) is 3.26. The monoisotopic (exact) mass is 261 g/mol. The van der Waals surface area contributed by atoms with E-state index in [1.807, 2.05) is 0 Å². The maximum atomic E-state index is 10.5. The van der Waals surface area contributed by atoms with Crippen molar-refractivity contribution in [3.63, 3.8) is 0 Å². The van der Waals surface area contributed by atoms with Crippen LogP contribution in [0.25, 0.3) is 0 Å². The SMILES string of the molecule is Cc1cc(C)cc(C(O)CN2CCC(C)CC2C)c1. The lowest BCUT2D eigenvalue weighted by molar-refractivity contribution is 0.0600. The average molecular weight is 261 g/mol. The van der Waals surface area contributed by atoms with Gasteiger partial charge < -0.3 is 5.11 Å². The van der Waals surface area contributed by atoms with Crippen LogP contribution in [0, 0.1) is 19.8 Å². The lowest BCUT2D eigenvalue weighted by Gasteiger charge is -2.37. The van der Waals surface area contributed by atoms with Crippen LogP contribution in [0.1, 0.15) is 49.5 Å². The summed E-state index contributed by atoms with van der Waals surface area (Å²) in [5.74, 6) is 0.824. The molecule has 0 spiro atoms. The highest BCUT2D eigenvalue weighted by Crippen LogP contribution is 2.25. The zero-order chi connectivity index (χ0) is 14.0. The van der Waals surface area contributed by atoms with Crippen molar-refractivity contribution in [2.75, 3.05) is 13.1 Å². The fourth-order valence-corrected chi connectivity index (χ4v) is 3.26. The minimum Gasteiger partial charge on any atom is -0.387 e. The van der Waals surface area contributed by atoms with Gasteiger partial charge in [0.05, 0.1) is 6.10 Å². The lowest BCUT2D eigenvalue weighted by atomic mass is 9.92. The highest BCUT2D eigenvalue weighted by molar-refractivity contribution is 5.30. The number of β-amino-alcohol motifs (C(OH)–C–C–N with tert-alkyl or cyclic N) is 1. The van der Waals surface area contributed by atoms with E-state index in [4.69, 9.17) is 0 Å². The van der Waals surface area contributed by atoms with Crippen LogP contribution in [-0.4, -0.2) is 29.1 Å². The Kier molecular flexibility index (Phi) is 4.64. The molecule has 1 aliphatic heterocycles. The van der Waals surface area contributed by atoms with E-state index in [0.29, 0.717) is 6.04 Å². The summed E-state index contributed by atoms with van der Waals surface area (Å²) in [6, 6.07) is 6.95. The minimum absolute atomic E-state index is 0.366. The third-order valence-electron chi connectivity index (χ3n) is 4.31. The highest BCUT2D eigenvalue weighted by Gasteiger charge is 2.24. The largest absolute Gasteiger partial charge is 0.387 e. The molecule has 106 valence electrons. The van der Waals surface area contributed by atoms with Crippen molar-refractivity contribution in [3.8, 4) is 0 Å². The van der Waals surface area contributed by atoms with E-state index in [0.717, 1.165) is 24.6 Å². The first-order valence-electron chi connectivity index (χ1n) is 7.46. The van der Waals surface area contributed by atoms with Gasteiger partial charge in [0.15, 0.2) is 0 Å². The van der Waals surface area contributed by atoms with Gasteiger partial charge in [0, 0.05) is 12.6 Å². The van der Waals surface area contributed by atoms with Gasteiger partial charge in [-0.1, -0.05) is 36.2 Å². The summed E-state index contributed by atoms with van der Waals surface area (Å²) in [4.78, 5) is 2.43. The topological polar surface area (TPSA) is 23.5 Å². The van der Waals surface area contributed by atoms with E-state index < -0.39 is 0 Å². The lowest BCUT2D eigenvalue weighted by Crippen LogP contribution is -2.42. The summed E-state index contributed by atoms with van der Waals surface area (Å²) < 4.78 is 0. The number of aliphatic hydroxyl groups is 1. The van der Waals surface area contributed by atoms with Gasteiger partial charge in [0.1, 0.15) is 0 Å². The van der Waals surface area contributed by atoms with Crippen molar-refractivity contribution in [2.24, 2.45) is 5.92 Å². The number of likely N-dealkylation sites (tertiary alicyclic amines) is 1. The van der Waals surface area contributed by atoms with Gasteiger partial charge in [-0.15, -0.1) is 0 Å². The summed E-state index contributed by atoms with van der Waals surface area (Å²) in [5, 5.41) is 10.5. The van der Waals surface area contributed by atoms with Gasteiger partial charge >= 0.3 is 0 Å². The number of piperidine rings is 1. The van der Waals surface area contributed by atoms with E-state index in [1.54, 1.807) is 0 Å². The van der Waals surface area contributed by atoms with Crippen LogP contribution >= 0.6 is 0 Å². The molecule has 0 bridgehead atoms. The van der Waals surface area contributed by atoms with Crippen molar-refractivity contribution in [3.05, 3.63) is 34.9 Å². The molecule has 2 rings (SSSR count). The van der Waals surface area contributed by atoms with Crippen molar-refractivity contribution >= 4 is 0 Å². The van der Waals surface area contributed by atoms with E-state index in [2.05, 4.69) is 50.8 Å². The van der Waals surface area contributed by atoms with Crippen molar-refractivity contribution in [2.45, 2.75) is 52.7 Å². The molecule has 3 atom stereocenters. The predicted molar refractivity (Wildman–Crippen MR) is 80.3 cm³/mol. The Morgan fingerprint density at radius 1 is 1.21 bits per heavy atom. The minimum atomic E-state index is -0.366. The molecule has 19 heavy (non-hydrogen) atoms. The molecule has 0 saturated carbocycles. The summed E-state index contributed by atoms with van der Waals surface area (Å²) >= 11 is 0. The molecule has 2 nitrogen and oxygen atoms in total. The molecule has 0 aromatic heterocycles. The summed E-state index contributed by atoms with van der Waals surface area (Å²) in [6.45, 7) is 10.7. The first kappa shape index (κ1) is 14.5. The zero-order valence-corrected chi connectivity index (χ0v) is 12.7. The summed E-state index contributed by atoms with van der Waals surface area (Å²) in [7, 11) is 0. The Morgan fingerprint density at radius 3 is 2.42 bits per heavy atom. The molecule has 0 aliphatic carbocycles. The molecule has 1 N–H and O–H groups in total. The van der Waals surface area contributed by atoms with Crippen LogP contribution in [0.15, 0.2) is 18.2 Å².